The van der Waals surface area contributed by atoms with Crippen molar-refractivity contribution in [3.8, 4) is 0 Å². The molecule has 0 heterocycles. The van der Waals surface area contributed by atoms with Gasteiger partial charge in [-0.25, -0.2) is 12.7 Å². The Balaban J connectivity index is 4.23. The maximum atomic E-state index is 11.5. The number of halogens is 1. The summed E-state index contributed by atoms with van der Waals surface area (Å²) in [7, 11) is -3.05. The summed E-state index contributed by atoms with van der Waals surface area (Å²) in [5.74, 6) is 0.524. The highest BCUT2D eigenvalue weighted by Gasteiger charge is 2.17. The number of hydrogen-bond donors (Lipinski definition) is 0. The van der Waals surface area contributed by atoms with E-state index in [9.17, 15) is 8.42 Å². The molecular formula is C8H18ClNO2S. The average Bonchev–Trinajstić information content (AvgIpc) is 2.12. The molecule has 0 saturated carbocycles. The van der Waals surface area contributed by atoms with Gasteiger partial charge in [0.15, 0.2) is 0 Å². The standard InChI is InChI=1S/C8H18ClNO2S/c1-3-5-7-10(8-6-9)13(11,12)4-2/h3-8H2,1-2H3. The molecule has 0 aromatic heterocycles. The molecule has 0 aliphatic carbocycles. The second-order valence-corrected chi connectivity index (χ2v) is 5.48. The van der Waals surface area contributed by atoms with Gasteiger partial charge in [0.25, 0.3) is 0 Å². The van der Waals surface area contributed by atoms with Gasteiger partial charge in [0.1, 0.15) is 0 Å². The molecule has 0 aliphatic rings. The molecule has 0 radical (unpaired) electrons. The van der Waals surface area contributed by atoms with Crippen molar-refractivity contribution in [1.82, 2.24) is 4.31 Å². The maximum absolute atomic E-state index is 11.5. The van der Waals surface area contributed by atoms with E-state index >= 15 is 0 Å². The number of nitrogens with zero attached hydrogens (tertiary/aromatic N) is 1. The molecule has 0 amide bonds. The lowest BCUT2D eigenvalue weighted by Crippen LogP contribution is -2.34. The Kier molecular flexibility index (Phi) is 6.73. The summed E-state index contributed by atoms with van der Waals surface area (Å²) in [4.78, 5) is 0. The lowest BCUT2D eigenvalue weighted by Gasteiger charge is -2.19. The van der Waals surface area contributed by atoms with Crippen LogP contribution in [0, 0.1) is 0 Å². The third-order valence-electron chi connectivity index (χ3n) is 1.85. The van der Waals surface area contributed by atoms with Crippen molar-refractivity contribution in [2.24, 2.45) is 0 Å². The lowest BCUT2D eigenvalue weighted by atomic mass is 10.3. The quantitative estimate of drug-likeness (QED) is 0.621. The second-order valence-electron chi connectivity index (χ2n) is 2.84. The van der Waals surface area contributed by atoms with Crippen LogP contribution in [0.25, 0.3) is 0 Å². The molecule has 0 N–H and O–H groups in total. The fourth-order valence-electron chi connectivity index (χ4n) is 1.00. The van der Waals surface area contributed by atoms with Crippen molar-refractivity contribution >= 4 is 21.6 Å². The number of unbranched alkanes of at least 4 members (excludes halogenated alkanes) is 1. The van der Waals surface area contributed by atoms with Gasteiger partial charge < -0.3 is 0 Å². The van der Waals surface area contributed by atoms with Crippen LogP contribution in [0.1, 0.15) is 26.7 Å². The predicted molar refractivity (Wildman–Crippen MR) is 56.7 cm³/mol. The van der Waals surface area contributed by atoms with Crippen LogP contribution in [0.3, 0.4) is 0 Å². The van der Waals surface area contributed by atoms with Crippen LogP contribution in [0.4, 0.5) is 0 Å². The highest BCUT2D eigenvalue weighted by molar-refractivity contribution is 7.89. The first-order valence-electron chi connectivity index (χ1n) is 4.62. The summed E-state index contributed by atoms with van der Waals surface area (Å²) in [6.07, 6.45) is 1.90. The van der Waals surface area contributed by atoms with Crippen LogP contribution in [-0.4, -0.2) is 37.4 Å². The first-order chi connectivity index (χ1) is 6.08. The molecule has 0 fully saturated rings. The molecule has 0 aliphatic heterocycles. The lowest BCUT2D eigenvalue weighted by molar-refractivity contribution is 0.421. The van der Waals surface area contributed by atoms with E-state index in [1.807, 2.05) is 6.92 Å². The smallest absolute Gasteiger partial charge is 0.212 e. The second kappa shape index (κ2) is 6.62. The van der Waals surface area contributed by atoms with Crippen LogP contribution in [0.2, 0.25) is 0 Å². The van der Waals surface area contributed by atoms with Crippen molar-refractivity contribution in [3.63, 3.8) is 0 Å². The molecule has 0 bridgehead atoms. The predicted octanol–water partition coefficient (Wildman–Crippen LogP) is 1.68. The van der Waals surface area contributed by atoms with Gasteiger partial charge in [-0.3, -0.25) is 0 Å². The van der Waals surface area contributed by atoms with Crippen LogP contribution >= 0.6 is 11.6 Å². The van der Waals surface area contributed by atoms with E-state index in [1.165, 1.54) is 4.31 Å². The highest BCUT2D eigenvalue weighted by Crippen LogP contribution is 2.04. The van der Waals surface area contributed by atoms with Gasteiger partial charge in [0, 0.05) is 19.0 Å². The average molecular weight is 228 g/mol. The SMILES string of the molecule is CCCCN(CCCl)S(=O)(=O)CC. The van der Waals surface area contributed by atoms with Crippen molar-refractivity contribution in [3.05, 3.63) is 0 Å². The molecule has 13 heavy (non-hydrogen) atoms. The molecule has 0 spiro atoms. The fraction of sp³-hybridized carbons (Fsp3) is 1.00. The van der Waals surface area contributed by atoms with E-state index in [-0.39, 0.29) is 5.75 Å². The summed E-state index contributed by atoms with van der Waals surface area (Å²) < 4.78 is 24.4. The van der Waals surface area contributed by atoms with Crippen molar-refractivity contribution in [1.29, 1.82) is 0 Å². The van der Waals surface area contributed by atoms with E-state index in [4.69, 9.17) is 11.6 Å². The zero-order valence-electron chi connectivity index (χ0n) is 8.29. The molecule has 80 valence electrons. The zero-order valence-corrected chi connectivity index (χ0v) is 9.86. The Morgan fingerprint density at radius 3 is 2.23 bits per heavy atom. The largest absolute Gasteiger partial charge is 0.213 e. The molecule has 0 rings (SSSR count). The van der Waals surface area contributed by atoms with E-state index in [0.29, 0.717) is 19.0 Å². The molecule has 0 unspecified atom stereocenters. The minimum atomic E-state index is -3.05. The van der Waals surface area contributed by atoms with E-state index < -0.39 is 10.0 Å². The van der Waals surface area contributed by atoms with E-state index in [1.54, 1.807) is 6.92 Å². The number of hydrogen-bond acceptors (Lipinski definition) is 2. The third-order valence-corrected chi connectivity index (χ3v) is 3.90. The van der Waals surface area contributed by atoms with Gasteiger partial charge in [0.05, 0.1) is 5.75 Å². The van der Waals surface area contributed by atoms with Gasteiger partial charge >= 0.3 is 0 Å². The van der Waals surface area contributed by atoms with Crippen LogP contribution < -0.4 is 0 Å². The minimum Gasteiger partial charge on any atom is -0.212 e. The van der Waals surface area contributed by atoms with E-state index in [0.717, 1.165) is 12.8 Å². The summed E-state index contributed by atoms with van der Waals surface area (Å²) >= 11 is 5.53. The molecular weight excluding hydrogens is 210 g/mol. The monoisotopic (exact) mass is 227 g/mol. The summed E-state index contributed by atoms with van der Waals surface area (Å²) in [5, 5.41) is 0. The maximum Gasteiger partial charge on any atom is 0.213 e. The Labute approximate surface area is 86.1 Å². The Hall–Kier alpha value is 0.200. The van der Waals surface area contributed by atoms with Crippen molar-refractivity contribution < 1.29 is 8.42 Å². The first kappa shape index (κ1) is 13.2. The third kappa shape index (κ3) is 4.84. The van der Waals surface area contributed by atoms with Crippen LogP contribution in [0.15, 0.2) is 0 Å². The summed E-state index contributed by atoms with van der Waals surface area (Å²) in [6.45, 7) is 4.72. The molecule has 3 nitrogen and oxygen atoms in total. The first-order valence-corrected chi connectivity index (χ1v) is 6.76. The van der Waals surface area contributed by atoms with Gasteiger partial charge in [-0.05, 0) is 13.3 Å². The highest BCUT2D eigenvalue weighted by atomic mass is 35.5. The molecule has 5 heteroatoms. The van der Waals surface area contributed by atoms with Crippen LogP contribution in [0.5, 0.6) is 0 Å². The summed E-state index contributed by atoms with van der Waals surface area (Å²) in [5.41, 5.74) is 0. The molecule has 0 saturated heterocycles. The van der Waals surface area contributed by atoms with Gasteiger partial charge in [-0.1, -0.05) is 13.3 Å². The van der Waals surface area contributed by atoms with Crippen molar-refractivity contribution in [2.45, 2.75) is 26.7 Å². The van der Waals surface area contributed by atoms with Gasteiger partial charge in [-0.15, -0.1) is 11.6 Å². The van der Waals surface area contributed by atoms with Gasteiger partial charge in [0.2, 0.25) is 10.0 Å². The Morgan fingerprint density at radius 1 is 1.23 bits per heavy atom. The Morgan fingerprint density at radius 2 is 1.85 bits per heavy atom. The topological polar surface area (TPSA) is 37.4 Å². The number of sulfonamides is 1. The van der Waals surface area contributed by atoms with E-state index in [2.05, 4.69) is 0 Å². The van der Waals surface area contributed by atoms with Gasteiger partial charge in [-0.2, -0.15) is 0 Å². The number of alkyl halides is 1. The summed E-state index contributed by atoms with van der Waals surface area (Å²) in [6, 6.07) is 0. The molecule has 0 aromatic rings. The van der Waals surface area contributed by atoms with Crippen LogP contribution in [-0.2, 0) is 10.0 Å². The molecule has 0 aromatic carbocycles. The number of rotatable bonds is 7. The van der Waals surface area contributed by atoms with Crippen molar-refractivity contribution in [2.75, 3.05) is 24.7 Å². The minimum absolute atomic E-state index is 0.160. The zero-order chi connectivity index (χ0) is 10.3. The fourth-order valence-corrected chi connectivity index (χ4v) is 2.45. The molecule has 0 atom stereocenters. The normalized spacial score (nSPS) is 12.3. The Bertz CT molecular complexity index is 216.